The van der Waals surface area contributed by atoms with Crippen molar-refractivity contribution < 1.29 is 9.53 Å². The molecule has 3 N–H and O–H groups in total. The highest BCUT2D eigenvalue weighted by atomic mass is 16.5. The van der Waals surface area contributed by atoms with E-state index in [0.717, 1.165) is 0 Å². The fourth-order valence-electron chi connectivity index (χ4n) is 1.24. The summed E-state index contributed by atoms with van der Waals surface area (Å²) in [6.45, 7) is 3.58. The van der Waals surface area contributed by atoms with Crippen LogP contribution in [0.4, 0.5) is 5.69 Å². The predicted molar refractivity (Wildman–Crippen MR) is 69.0 cm³/mol. The number of carbonyl (C=O) groups is 1. The quantitative estimate of drug-likeness (QED) is 0.825. The van der Waals surface area contributed by atoms with E-state index in [1.165, 1.54) is 0 Å². The number of benzene rings is 1. The number of nitrogens with one attached hydrogen (secondary N) is 1. The van der Waals surface area contributed by atoms with Crippen LogP contribution in [0, 0.1) is 17.2 Å². The van der Waals surface area contributed by atoms with Crippen molar-refractivity contribution in [3.05, 3.63) is 24.3 Å². The maximum atomic E-state index is 11.7. The number of hydrogen-bond acceptors (Lipinski definition) is 4. The lowest BCUT2D eigenvalue weighted by atomic mass is 10.0. The second-order valence-corrected chi connectivity index (χ2v) is 4.11. The Morgan fingerprint density at radius 3 is 2.56 bits per heavy atom. The van der Waals surface area contributed by atoms with Gasteiger partial charge in [-0.2, -0.15) is 5.26 Å². The summed E-state index contributed by atoms with van der Waals surface area (Å²) in [6, 6.07) is 8.53. The van der Waals surface area contributed by atoms with Crippen molar-refractivity contribution in [2.24, 2.45) is 11.7 Å². The lowest BCUT2D eigenvalue weighted by molar-refractivity contribution is -0.119. The minimum absolute atomic E-state index is 0.00737. The Kier molecular flexibility index (Phi) is 5.15. The molecule has 5 heteroatoms. The number of nitrogens with two attached hydrogens (primary N) is 1. The number of carbonyl (C=O) groups excluding carboxylic acids is 1. The van der Waals surface area contributed by atoms with Gasteiger partial charge in [0.2, 0.25) is 5.91 Å². The van der Waals surface area contributed by atoms with Gasteiger partial charge in [0.25, 0.3) is 0 Å². The average molecular weight is 247 g/mol. The van der Waals surface area contributed by atoms with Crippen LogP contribution in [0.3, 0.4) is 0 Å². The Morgan fingerprint density at radius 1 is 1.44 bits per heavy atom. The zero-order chi connectivity index (χ0) is 13.5. The largest absolute Gasteiger partial charge is 0.479 e. The van der Waals surface area contributed by atoms with Crippen LogP contribution in [-0.2, 0) is 4.79 Å². The van der Waals surface area contributed by atoms with Crippen molar-refractivity contribution in [3.8, 4) is 11.8 Å². The molecule has 2 unspecified atom stereocenters. The van der Waals surface area contributed by atoms with Gasteiger partial charge in [-0.25, -0.2) is 0 Å². The number of anilines is 1. The molecule has 0 aliphatic heterocycles. The summed E-state index contributed by atoms with van der Waals surface area (Å²) >= 11 is 0. The topological polar surface area (TPSA) is 88.1 Å². The van der Waals surface area contributed by atoms with E-state index in [-0.39, 0.29) is 24.5 Å². The molecule has 0 heterocycles. The molecule has 0 saturated heterocycles. The van der Waals surface area contributed by atoms with Crippen LogP contribution in [0.5, 0.6) is 5.75 Å². The van der Waals surface area contributed by atoms with Gasteiger partial charge in [0, 0.05) is 11.7 Å². The van der Waals surface area contributed by atoms with Crippen molar-refractivity contribution in [1.29, 1.82) is 5.26 Å². The van der Waals surface area contributed by atoms with Crippen molar-refractivity contribution in [2.45, 2.75) is 19.9 Å². The van der Waals surface area contributed by atoms with E-state index >= 15 is 0 Å². The van der Waals surface area contributed by atoms with E-state index in [0.29, 0.717) is 11.4 Å². The summed E-state index contributed by atoms with van der Waals surface area (Å²) in [5, 5.41) is 11.1. The maximum absolute atomic E-state index is 11.7. The van der Waals surface area contributed by atoms with Crippen molar-refractivity contribution in [3.63, 3.8) is 0 Å². The Balaban J connectivity index is 2.59. The van der Waals surface area contributed by atoms with Crippen LogP contribution in [-0.4, -0.2) is 18.6 Å². The molecule has 0 saturated carbocycles. The van der Waals surface area contributed by atoms with Crippen LogP contribution in [0.25, 0.3) is 0 Å². The van der Waals surface area contributed by atoms with Gasteiger partial charge in [-0.1, -0.05) is 6.92 Å². The molecule has 0 radical (unpaired) electrons. The Bertz CT molecular complexity index is 435. The standard InChI is InChI=1S/C13H17N3O2/c1-9(10(2)15)13(17)16-11-3-5-12(6-4-11)18-8-7-14/h3-6,9-10H,8,15H2,1-2H3,(H,16,17). The van der Waals surface area contributed by atoms with Crippen LogP contribution >= 0.6 is 0 Å². The molecular formula is C13H17N3O2. The third-order valence-electron chi connectivity index (χ3n) is 2.63. The molecule has 5 nitrogen and oxygen atoms in total. The third kappa shape index (κ3) is 4.07. The molecule has 1 rings (SSSR count). The summed E-state index contributed by atoms with van der Waals surface area (Å²) in [5.74, 6) is 0.227. The lowest BCUT2D eigenvalue weighted by Gasteiger charge is -2.15. The first-order valence-corrected chi connectivity index (χ1v) is 5.71. The summed E-state index contributed by atoms with van der Waals surface area (Å²) in [7, 11) is 0. The fourth-order valence-corrected chi connectivity index (χ4v) is 1.24. The molecule has 1 aromatic rings. The number of nitrogens with zero attached hydrogens (tertiary/aromatic N) is 1. The second-order valence-electron chi connectivity index (χ2n) is 4.11. The van der Waals surface area contributed by atoms with Gasteiger partial charge in [-0.15, -0.1) is 0 Å². The first-order valence-electron chi connectivity index (χ1n) is 5.71. The Hall–Kier alpha value is -2.06. The van der Waals surface area contributed by atoms with E-state index in [9.17, 15) is 4.79 Å². The summed E-state index contributed by atoms with van der Waals surface area (Å²) < 4.78 is 5.11. The zero-order valence-electron chi connectivity index (χ0n) is 10.5. The van der Waals surface area contributed by atoms with Gasteiger partial charge in [0.1, 0.15) is 11.8 Å². The SMILES string of the molecule is CC(N)C(C)C(=O)Nc1ccc(OCC#N)cc1. The molecule has 0 bridgehead atoms. The van der Waals surface area contributed by atoms with Crippen LogP contribution in [0.15, 0.2) is 24.3 Å². The van der Waals surface area contributed by atoms with Gasteiger partial charge in [0.05, 0.1) is 5.92 Å². The third-order valence-corrected chi connectivity index (χ3v) is 2.63. The molecule has 0 spiro atoms. The van der Waals surface area contributed by atoms with E-state index in [2.05, 4.69) is 5.32 Å². The monoisotopic (exact) mass is 247 g/mol. The average Bonchev–Trinajstić information content (AvgIpc) is 2.36. The van der Waals surface area contributed by atoms with Gasteiger partial charge in [-0.05, 0) is 31.2 Å². The molecule has 96 valence electrons. The summed E-state index contributed by atoms with van der Waals surface area (Å²) in [6.07, 6.45) is 0. The van der Waals surface area contributed by atoms with Crippen LogP contribution in [0.2, 0.25) is 0 Å². The summed E-state index contributed by atoms with van der Waals surface area (Å²) in [4.78, 5) is 11.7. The number of rotatable bonds is 5. The molecule has 0 fully saturated rings. The Morgan fingerprint density at radius 2 is 2.06 bits per heavy atom. The van der Waals surface area contributed by atoms with E-state index in [4.69, 9.17) is 15.7 Å². The molecule has 0 aliphatic rings. The molecule has 2 atom stereocenters. The first-order chi connectivity index (χ1) is 8.54. The van der Waals surface area contributed by atoms with Crippen molar-refractivity contribution in [2.75, 3.05) is 11.9 Å². The lowest BCUT2D eigenvalue weighted by Crippen LogP contribution is -2.34. The van der Waals surface area contributed by atoms with Crippen molar-refractivity contribution in [1.82, 2.24) is 0 Å². The van der Waals surface area contributed by atoms with Crippen LogP contribution < -0.4 is 15.8 Å². The minimum Gasteiger partial charge on any atom is -0.479 e. The first kappa shape index (κ1) is 14.0. The van der Waals surface area contributed by atoms with Crippen LogP contribution in [0.1, 0.15) is 13.8 Å². The highest BCUT2D eigenvalue weighted by Gasteiger charge is 2.16. The molecule has 18 heavy (non-hydrogen) atoms. The van der Waals surface area contributed by atoms with Gasteiger partial charge in [0.15, 0.2) is 6.61 Å². The predicted octanol–water partition coefficient (Wildman–Crippen LogP) is 1.51. The molecule has 1 amide bonds. The molecule has 0 aliphatic carbocycles. The number of nitriles is 1. The zero-order valence-corrected chi connectivity index (χ0v) is 10.5. The number of hydrogen-bond donors (Lipinski definition) is 2. The van der Waals surface area contributed by atoms with E-state index < -0.39 is 0 Å². The Labute approximate surface area is 107 Å². The van der Waals surface area contributed by atoms with Crippen molar-refractivity contribution >= 4 is 11.6 Å². The molecule has 0 aromatic heterocycles. The van der Waals surface area contributed by atoms with E-state index in [1.54, 1.807) is 38.1 Å². The maximum Gasteiger partial charge on any atom is 0.228 e. The molecule has 1 aromatic carbocycles. The van der Waals surface area contributed by atoms with Gasteiger partial charge < -0.3 is 15.8 Å². The number of ether oxygens (including phenoxy) is 1. The van der Waals surface area contributed by atoms with Gasteiger partial charge in [-0.3, -0.25) is 4.79 Å². The van der Waals surface area contributed by atoms with Gasteiger partial charge >= 0.3 is 0 Å². The molecular weight excluding hydrogens is 230 g/mol. The highest BCUT2D eigenvalue weighted by molar-refractivity contribution is 5.92. The minimum atomic E-state index is -0.250. The number of amides is 1. The van der Waals surface area contributed by atoms with E-state index in [1.807, 2.05) is 6.07 Å². The smallest absolute Gasteiger partial charge is 0.228 e. The normalized spacial score (nSPS) is 13.2. The second kappa shape index (κ2) is 6.62. The summed E-state index contributed by atoms with van der Waals surface area (Å²) in [5.41, 5.74) is 6.34. The fraction of sp³-hybridized carbons (Fsp3) is 0.385. The highest BCUT2D eigenvalue weighted by Crippen LogP contribution is 2.16.